The molecule has 1 aliphatic carbocycles. The van der Waals surface area contributed by atoms with Gasteiger partial charge >= 0.3 is 7.12 Å². The van der Waals surface area contributed by atoms with Crippen LogP contribution in [-0.4, -0.2) is 28.1 Å². The zero-order chi connectivity index (χ0) is 19.1. The smallest absolute Gasteiger partial charge is 0.399 e. The second-order valence-corrected chi connectivity index (χ2v) is 9.27. The Bertz CT molecular complexity index is 763. The van der Waals surface area contributed by atoms with E-state index < -0.39 is 0 Å². The second-order valence-electron chi connectivity index (χ2n) is 9.27. The van der Waals surface area contributed by atoms with Crippen LogP contribution in [0.25, 0.3) is 0 Å². The van der Waals surface area contributed by atoms with Gasteiger partial charge in [0, 0.05) is 23.3 Å². The van der Waals surface area contributed by atoms with E-state index in [4.69, 9.17) is 9.31 Å². The van der Waals surface area contributed by atoms with E-state index in [0.717, 1.165) is 12.0 Å². The number of hydrogen-bond donors (Lipinski definition) is 0. The normalized spacial score (nSPS) is 23.5. The highest BCUT2D eigenvalue weighted by molar-refractivity contribution is 6.61. The third-order valence-corrected chi connectivity index (χ3v) is 6.84. The lowest BCUT2D eigenvalue weighted by molar-refractivity contribution is 0.00578. The molecule has 0 amide bonds. The monoisotopic (exact) mass is 366 g/mol. The van der Waals surface area contributed by atoms with Crippen LogP contribution in [-0.2, 0) is 21.3 Å². The van der Waals surface area contributed by atoms with Crippen molar-refractivity contribution < 1.29 is 9.31 Å². The first-order valence-electron chi connectivity index (χ1n) is 10.2. The summed E-state index contributed by atoms with van der Waals surface area (Å²) in [5, 5.41) is 4.68. The molecule has 0 radical (unpaired) electrons. The summed E-state index contributed by atoms with van der Waals surface area (Å²) < 4.78 is 14.5. The van der Waals surface area contributed by atoms with Gasteiger partial charge in [0.25, 0.3) is 0 Å². The van der Waals surface area contributed by atoms with E-state index in [-0.39, 0.29) is 23.7 Å². The van der Waals surface area contributed by atoms with Crippen LogP contribution in [0.1, 0.15) is 65.4 Å². The molecule has 1 aromatic carbocycles. The van der Waals surface area contributed by atoms with Crippen LogP contribution in [0.2, 0.25) is 0 Å². The predicted octanol–water partition coefficient (Wildman–Crippen LogP) is 4.08. The van der Waals surface area contributed by atoms with Gasteiger partial charge in [-0.05, 0) is 46.1 Å². The van der Waals surface area contributed by atoms with Crippen molar-refractivity contribution in [1.29, 1.82) is 0 Å². The Morgan fingerprint density at radius 2 is 1.59 bits per heavy atom. The molecule has 1 saturated carbocycles. The minimum atomic E-state index is -0.345. The molecule has 144 valence electrons. The lowest BCUT2D eigenvalue weighted by Crippen LogP contribution is -2.41. The molecule has 0 unspecified atom stereocenters. The van der Waals surface area contributed by atoms with Crippen molar-refractivity contribution in [2.75, 3.05) is 0 Å². The molecule has 0 N–H and O–H groups in total. The summed E-state index contributed by atoms with van der Waals surface area (Å²) in [6, 6.07) is 11.0. The van der Waals surface area contributed by atoms with Crippen molar-refractivity contribution in [2.24, 2.45) is 0 Å². The first-order chi connectivity index (χ1) is 12.8. The fourth-order valence-corrected chi connectivity index (χ4v) is 4.44. The summed E-state index contributed by atoms with van der Waals surface area (Å²) in [4.78, 5) is 0. The predicted molar refractivity (Wildman–Crippen MR) is 109 cm³/mol. The van der Waals surface area contributed by atoms with E-state index in [1.807, 2.05) is 6.20 Å². The van der Waals surface area contributed by atoms with Crippen molar-refractivity contribution >= 4 is 12.6 Å². The van der Waals surface area contributed by atoms with Gasteiger partial charge in [0.15, 0.2) is 0 Å². The SMILES string of the molecule is CC1(C)OB(c2cnn(CC3(c4ccccc4)CCCCC3)c2)OC1(C)C. The quantitative estimate of drug-likeness (QED) is 0.765. The largest absolute Gasteiger partial charge is 0.498 e. The van der Waals surface area contributed by atoms with Gasteiger partial charge in [-0.15, -0.1) is 0 Å². The number of hydrogen-bond acceptors (Lipinski definition) is 3. The Kier molecular flexibility index (Phi) is 4.72. The average Bonchev–Trinajstić information content (AvgIpc) is 3.18. The summed E-state index contributed by atoms with van der Waals surface area (Å²) in [5.74, 6) is 0. The maximum Gasteiger partial charge on any atom is 0.498 e. The van der Waals surface area contributed by atoms with Crippen LogP contribution in [0.5, 0.6) is 0 Å². The zero-order valence-corrected chi connectivity index (χ0v) is 17.1. The van der Waals surface area contributed by atoms with Crippen molar-refractivity contribution in [2.45, 2.75) is 83.0 Å². The van der Waals surface area contributed by atoms with Gasteiger partial charge in [-0.1, -0.05) is 49.6 Å². The van der Waals surface area contributed by atoms with Gasteiger partial charge in [0.05, 0.1) is 17.7 Å². The molecular formula is C22H31BN2O2. The van der Waals surface area contributed by atoms with Crippen LogP contribution in [0.15, 0.2) is 42.7 Å². The standard InChI is InChI=1S/C22H31BN2O2/c1-20(2)21(3,4)27-23(26-20)19-15-24-25(16-19)17-22(13-9-6-10-14-22)18-11-7-5-8-12-18/h5,7-8,11-12,15-16H,6,9-10,13-14,17H2,1-4H3. The zero-order valence-electron chi connectivity index (χ0n) is 17.1. The van der Waals surface area contributed by atoms with Gasteiger partial charge in [0.2, 0.25) is 0 Å². The molecule has 2 heterocycles. The van der Waals surface area contributed by atoms with E-state index >= 15 is 0 Å². The molecular weight excluding hydrogens is 335 g/mol. The summed E-state index contributed by atoms with van der Waals surface area (Å²) in [6.45, 7) is 9.26. The van der Waals surface area contributed by atoms with Crippen molar-refractivity contribution in [3.8, 4) is 0 Å². The van der Waals surface area contributed by atoms with Gasteiger partial charge in [-0.25, -0.2) is 0 Å². The molecule has 1 saturated heterocycles. The van der Waals surface area contributed by atoms with Gasteiger partial charge in [0.1, 0.15) is 0 Å². The van der Waals surface area contributed by atoms with Crippen LogP contribution in [0.4, 0.5) is 0 Å². The molecule has 1 aliphatic heterocycles. The van der Waals surface area contributed by atoms with Gasteiger partial charge in [-0.3, -0.25) is 4.68 Å². The topological polar surface area (TPSA) is 36.3 Å². The first kappa shape index (κ1) is 18.8. The van der Waals surface area contributed by atoms with Crippen molar-refractivity contribution in [3.05, 3.63) is 48.3 Å². The Balaban J connectivity index is 1.56. The molecule has 0 spiro atoms. The molecule has 5 heteroatoms. The van der Waals surface area contributed by atoms with E-state index in [0.29, 0.717) is 0 Å². The lowest BCUT2D eigenvalue weighted by Gasteiger charge is -2.38. The Hall–Kier alpha value is -1.59. The Labute approximate surface area is 163 Å². The summed E-state index contributed by atoms with van der Waals surface area (Å²) in [7, 11) is -0.345. The summed E-state index contributed by atoms with van der Waals surface area (Å²) in [5.41, 5.74) is 1.98. The van der Waals surface area contributed by atoms with E-state index in [2.05, 4.69) is 74.0 Å². The highest BCUT2D eigenvalue weighted by Crippen LogP contribution is 2.41. The molecule has 4 rings (SSSR count). The van der Waals surface area contributed by atoms with Gasteiger partial charge < -0.3 is 9.31 Å². The number of aromatic nitrogens is 2. The number of nitrogens with zero attached hydrogens (tertiary/aromatic N) is 2. The van der Waals surface area contributed by atoms with E-state index in [1.54, 1.807) is 0 Å². The van der Waals surface area contributed by atoms with E-state index in [9.17, 15) is 0 Å². The second kappa shape index (κ2) is 6.79. The van der Waals surface area contributed by atoms with Crippen LogP contribution >= 0.6 is 0 Å². The highest BCUT2D eigenvalue weighted by Gasteiger charge is 2.52. The fourth-order valence-electron chi connectivity index (χ4n) is 4.44. The average molecular weight is 366 g/mol. The minimum absolute atomic E-state index is 0.179. The molecule has 2 aliphatic rings. The summed E-state index contributed by atoms with van der Waals surface area (Å²) in [6.07, 6.45) is 10.4. The molecule has 4 nitrogen and oxygen atoms in total. The van der Waals surface area contributed by atoms with Gasteiger partial charge in [-0.2, -0.15) is 5.10 Å². The van der Waals surface area contributed by atoms with Crippen LogP contribution in [0.3, 0.4) is 0 Å². The first-order valence-corrected chi connectivity index (χ1v) is 10.2. The molecule has 1 aromatic heterocycles. The number of rotatable bonds is 4. The van der Waals surface area contributed by atoms with Crippen molar-refractivity contribution in [1.82, 2.24) is 9.78 Å². The van der Waals surface area contributed by atoms with Crippen LogP contribution < -0.4 is 5.46 Å². The molecule has 2 aromatic rings. The Morgan fingerprint density at radius 3 is 2.22 bits per heavy atom. The van der Waals surface area contributed by atoms with E-state index in [1.165, 1.54) is 37.7 Å². The van der Waals surface area contributed by atoms with Crippen LogP contribution in [0, 0.1) is 0 Å². The summed E-state index contributed by atoms with van der Waals surface area (Å²) >= 11 is 0. The third kappa shape index (κ3) is 3.47. The maximum atomic E-state index is 6.19. The minimum Gasteiger partial charge on any atom is -0.399 e. The number of benzene rings is 1. The fraction of sp³-hybridized carbons (Fsp3) is 0.591. The molecule has 0 atom stereocenters. The maximum absolute atomic E-state index is 6.19. The molecule has 27 heavy (non-hydrogen) atoms. The molecule has 2 fully saturated rings. The Morgan fingerprint density at radius 1 is 0.963 bits per heavy atom. The lowest BCUT2D eigenvalue weighted by atomic mass is 9.69. The third-order valence-electron chi connectivity index (χ3n) is 6.84. The molecule has 0 bridgehead atoms. The van der Waals surface area contributed by atoms with Crippen molar-refractivity contribution in [3.63, 3.8) is 0 Å². The highest BCUT2D eigenvalue weighted by atomic mass is 16.7.